The van der Waals surface area contributed by atoms with Gasteiger partial charge in [0.15, 0.2) is 0 Å². The highest BCUT2D eigenvalue weighted by Crippen LogP contribution is 2.24. The lowest BCUT2D eigenvalue weighted by Gasteiger charge is -2.12. The van der Waals surface area contributed by atoms with Crippen LogP contribution in [-0.4, -0.2) is 15.0 Å². The Hall–Kier alpha value is -4.24. The van der Waals surface area contributed by atoms with Crippen LogP contribution < -0.4 is 10.6 Å². The molecule has 6 heteroatoms. The first-order valence-corrected chi connectivity index (χ1v) is 9.14. The summed E-state index contributed by atoms with van der Waals surface area (Å²) in [4.78, 5) is 13.4. The van der Waals surface area contributed by atoms with E-state index in [0.717, 1.165) is 22.5 Å². The first-order valence-electron chi connectivity index (χ1n) is 9.14. The molecule has 2 N–H and O–H groups in total. The first-order chi connectivity index (χ1) is 14.3. The molecule has 0 aliphatic carbocycles. The number of nitriles is 1. The van der Waals surface area contributed by atoms with Crippen LogP contribution in [0.15, 0.2) is 85.2 Å². The van der Waals surface area contributed by atoms with E-state index in [1.165, 1.54) is 0 Å². The number of hydrogen-bond donors (Lipinski definition) is 2. The average Bonchev–Trinajstić information content (AvgIpc) is 2.79. The van der Waals surface area contributed by atoms with Gasteiger partial charge in [-0.15, -0.1) is 0 Å². The minimum atomic E-state index is 0.508. The third-order valence-corrected chi connectivity index (χ3v) is 4.23. The van der Waals surface area contributed by atoms with Crippen molar-refractivity contribution in [1.82, 2.24) is 15.0 Å². The van der Waals surface area contributed by atoms with Gasteiger partial charge in [0.25, 0.3) is 0 Å². The van der Waals surface area contributed by atoms with Crippen molar-refractivity contribution < 1.29 is 0 Å². The highest BCUT2D eigenvalue weighted by molar-refractivity contribution is 5.67. The number of anilines is 3. The molecule has 0 saturated carbocycles. The normalized spacial score (nSPS) is 10.2. The fraction of sp³-hybridized carbons (Fsp3) is 0.0435. The van der Waals surface area contributed by atoms with Gasteiger partial charge in [0.2, 0.25) is 5.95 Å². The Bertz CT molecular complexity index is 1140. The van der Waals surface area contributed by atoms with Crippen LogP contribution in [0.2, 0.25) is 0 Å². The Labute approximate surface area is 168 Å². The van der Waals surface area contributed by atoms with E-state index < -0.39 is 0 Å². The molecule has 0 aliphatic rings. The van der Waals surface area contributed by atoms with Gasteiger partial charge in [0.1, 0.15) is 5.82 Å². The maximum absolute atomic E-state index is 9.12. The second kappa shape index (κ2) is 8.63. The van der Waals surface area contributed by atoms with E-state index in [0.29, 0.717) is 23.9 Å². The second-order valence-electron chi connectivity index (χ2n) is 6.36. The van der Waals surface area contributed by atoms with Crippen molar-refractivity contribution in [3.05, 3.63) is 96.3 Å². The molecule has 0 radical (unpaired) electrons. The maximum Gasteiger partial charge on any atom is 0.225 e. The van der Waals surface area contributed by atoms with Gasteiger partial charge in [0, 0.05) is 36.3 Å². The van der Waals surface area contributed by atoms with E-state index in [4.69, 9.17) is 5.26 Å². The molecule has 0 fully saturated rings. The highest BCUT2D eigenvalue weighted by atomic mass is 15.1. The van der Waals surface area contributed by atoms with Gasteiger partial charge < -0.3 is 10.6 Å². The van der Waals surface area contributed by atoms with Gasteiger partial charge in [-0.1, -0.05) is 42.5 Å². The van der Waals surface area contributed by atoms with Crippen molar-refractivity contribution in [2.24, 2.45) is 0 Å². The molecule has 2 aromatic heterocycles. The SMILES string of the molecule is N#Cc1cccc(Nc2cc(-c3ccccc3)nc(NCc3cccnc3)n2)c1. The summed E-state index contributed by atoms with van der Waals surface area (Å²) in [7, 11) is 0. The lowest BCUT2D eigenvalue weighted by molar-refractivity contribution is 1.04. The Morgan fingerprint density at radius 1 is 0.897 bits per heavy atom. The van der Waals surface area contributed by atoms with Crippen molar-refractivity contribution in [3.8, 4) is 17.3 Å². The Kier molecular flexibility index (Phi) is 5.40. The van der Waals surface area contributed by atoms with Gasteiger partial charge in [-0.2, -0.15) is 10.2 Å². The van der Waals surface area contributed by atoms with Crippen molar-refractivity contribution in [1.29, 1.82) is 5.26 Å². The summed E-state index contributed by atoms with van der Waals surface area (Å²) in [5, 5.41) is 15.7. The molecule has 0 spiro atoms. The largest absolute Gasteiger partial charge is 0.350 e. The third-order valence-electron chi connectivity index (χ3n) is 4.23. The molecule has 0 aliphatic heterocycles. The topological polar surface area (TPSA) is 86.5 Å². The zero-order valence-electron chi connectivity index (χ0n) is 15.6. The maximum atomic E-state index is 9.12. The summed E-state index contributed by atoms with van der Waals surface area (Å²) >= 11 is 0. The standard InChI is InChI=1S/C23H18N6/c24-14-17-6-4-10-20(12-17)27-22-13-21(19-8-2-1-3-9-19)28-23(29-22)26-16-18-7-5-11-25-15-18/h1-13,15H,16H2,(H2,26,27,28,29). The van der Waals surface area contributed by atoms with Gasteiger partial charge in [-0.3, -0.25) is 4.98 Å². The minimum Gasteiger partial charge on any atom is -0.350 e. The number of aromatic nitrogens is 3. The van der Waals surface area contributed by atoms with Crippen LogP contribution in [0.5, 0.6) is 0 Å². The van der Waals surface area contributed by atoms with E-state index in [1.54, 1.807) is 24.5 Å². The van der Waals surface area contributed by atoms with Gasteiger partial charge >= 0.3 is 0 Å². The molecule has 29 heavy (non-hydrogen) atoms. The number of pyridine rings is 1. The van der Waals surface area contributed by atoms with Crippen LogP contribution in [0.3, 0.4) is 0 Å². The molecular formula is C23H18N6. The van der Waals surface area contributed by atoms with E-state index in [9.17, 15) is 0 Å². The molecule has 0 saturated heterocycles. The van der Waals surface area contributed by atoms with E-state index in [-0.39, 0.29) is 0 Å². The van der Waals surface area contributed by atoms with Crippen molar-refractivity contribution in [3.63, 3.8) is 0 Å². The molecule has 0 amide bonds. The van der Waals surface area contributed by atoms with Crippen molar-refractivity contribution in [2.45, 2.75) is 6.54 Å². The van der Waals surface area contributed by atoms with Crippen LogP contribution in [0.25, 0.3) is 11.3 Å². The molecular weight excluding hydrogens is 360 g/mol. The van der Waals surface area contributed by atoms with E-state index in [1.807, 2.05) is 60.7 Å². The molecule has 4 aromatic rings. The summed E-state index contributed by atoms with van der Waals surface area (Å²) in [6.07, 6.45) is 3.55. The predicted molar refractivity (Wildman–Crippen MR) is 113 cm³/mol. The smallest absolute Gasteiger partial charge is 0.225 e. The van der Waals surface area contributed by atoms with Crippen LogP contribution in [0, 0.1) is 11.3 Å². The van der Waals surface area contributed by atoms with Crippen molar-refractivity contribution >= 4 is 17.5 Å². The zero-order chi connectivity index (χ0) is 19.9. The lowest BCUT2D eigenvalue weighted by Crippen LogP contribution is -2.06. The number of nitrogens with zero attached hydrogens (tertiary/aromatic N) is 4. The fourth-order valence-electron chi connectivity index (χ4n) is 2.85. The summed E-state index contributed by atoms with van der Waals surface area (Å²) in [6, 6.07) is 25.2. The van der Waals surface area contributed by atoms with Gasteiger partial charge in [-0.05, 0) is 29.8 Å². The zero-order valence-corrected chi connectivity index (χ0v) is 15.6. The number of benzene rings is 2. The molecule has 2 heterocycles. The summed E-state index contributed by atoms with van der Waals surface area (Å²) < 4.78 is 0. The minimum absolute atomic E-state index is 0.508. The summed E-state index contributed by atoms with van der Waals surface area (Å²) in [5.74, 6) is 1.15. The van der Waals surface area contributed by atoms with Crippen LogP contribution >= 0.6 is 0 Å². The van der Waals surface area contributed by atoms with Crippen LogP contribution in [0.4, 0.5) is 17.5 Å². The van der Waals surface area contributed by atoms with Gasteiger partial charge in [0.05, 0.1) is 17.3 Å². The predicted octanol–water partition coefficient (Wildman–Crippen LogP) is 4.77. The number of hydrogen-bond acceptors (Lipinski definition) is 6. The van der Waals surface area contributed by atoms with Crippen LogP contribution in [-0.2, 0) is 6.54 Å². The fourth-order valence-corrected chi connectivity index (χ4v) is 2.85. The first kappa shape index (κ1) is 18.1. The van der Waals surface area contributed by atoms with Crippen molar-refractivity contribution in [2.75, 3.05) is 10.6 Å². The quantitative estimate of drug-likeness (QED) is 0.503. The lowest BCUT2D eigenvalue weighted by atomic mass is 10.1. The highest BCUT2D eigenvalue weighted by Gasteiger charge is 2.08. The summed E-state index contributed by atoms with van der Waals surface area (Å²) in [6.45, 7) is 0.565. The number of rotatable bonds is 6. The number of nitrogens with one attached hydrogen (secondary N) is 2. The second-order valence-corrected chi connectivity index (χ2v) is 6.36. The molecule has 6 nitrogen and oxygen atoms in total. The molecule has 4 rings (SSSR count). The van der Waals surface area contributed by atoms with E-state index in [2.05, 4.69) is 31.7 Å². The van der Waals surface area contributed by atoms with Crippen LogP contribution in [0.1, 0.15) is 11.1 Å². The molecule has 0 bridgehead atoms. The average molecular weight is 378 g/mol. The Morgan fingerprint density at radius 3 is 2.59 bits per heavy atom. The Morgan fingerprint density at radius 2 is 1.79 bits per heavy atom. The monoisotopic (exact) mass is 378 g/mol. The molecule has 2 aromatic carbocycles. The molecule has 0 unspecified atom stereocenters. The Balaban J connectivity index is 1.65. The molecule has 140 valence electrons. The van der Waals surface area contributed by atoms with Gasteiger partial charge in [-0.25, -0.2) is 4.98 Å². The summed E-state index contributed by atoms with van der Waals surface area (Å²) in [5.41, 5.74) is 4.21. The van der Waals surface area contributed by atoms with E-state index >= 15 is 0 Å². The third kappa shape index (κ3) is 4.73. The molecule has 0 atom stereocenters.